The Balaban J connectivity index is 1.52. The Morgan fingerprint density at radius 3 is 2.50 bits per heavy atom. The van der Waals surface area contributed by atoms with Crippen LogP contribution in [0.1, 0.15) is 0 Å². The highest BCUT2D eigenvalue weighted by atomic mass is 15.3. The molecule has 2 N–H and O–H groups in total. The maximum absolute atomic E-state index is 3.56. The first-order valence-electron chi connectivity index (χ1n) is 5.69. The summed E-state index contributed by atoms with van der Waals surface area (Å²) in [6.45, 7) is 9.60. The summed E-state index contributed by atoms with van der Waals surface area (Å²) in [7, 11) is 2.20. The van der Waals surface area contributed by atoms with Gasteiger partial charge in [0.15, 0.2) is 0 Å². The third-order valence-corrected chi connectivity index (χ3v) is 3.24. The average Bonchev–Trinajstić information content (AvgIpc) is 2.12. The summed E-state index contributed by atoms with van der Waals surface area (Å²) in [5, 5.41) is 6.83. The molecule has 0 radical (unpaired) electrons. The maximum Gasteiger partial charge on any atom is 0.0318 e. The van der Waals surface area contributed by atoms with Gasteiger partial charge in [-0.2, -0.15) is 0 Å². The predicted octanol–water partition coefficient (Wildman–Crippen LogP) is -1.20. The van der Waals surface area contributed by atoms with Gasteiger partial charge < -0.3 is 15.5 Å². The highest BCUT2D eigenvalue weighted by Crippen LogP contribution is 1.98. The topological polar surface area (TPSA) is 30.5 Å². The lowest BCUT2D eigenvalue weighted by molar-refractivity contribution is 0.152. The van der Waals surface area contributed by atoms with Crippen LogP contribution < -0.4 is 10.6 Å². The minimum Gasteiger partial charge on any atom is -0.314 e. The predicted molar refractivity (Wildman–Crippen MR) is 58.6 cm³/mol. The van der Waals surface area contributed by atoms with Crippen molar-refractivity contribution in [3.8, 4) is 0 Å². The van der Waals surface area contributed by atoms with E-state index in [1.165, 1.54) is 32.7 Å². The Hall–Kier alpha value is -0.160. The molecule has 0 aromatic heterocycles. The van der Waals surface area contributed by atoms with Crippen LogP contribution in [0.5, 0.6) is 0 Å². The first kappa shape index (κ1) is 10.4. The molecule has 2 aliphatic rings. The molecule has 0 bridgehead atoms. The van der Waals surface area contributed by atoms with Gasteiger partial charge in [-0.25, -0.2) is 0 Å². The van der Waals surface area contributed by atoms with Crippen molar-refractivity contribution in [2.75, 3.05) is 59.4 Å². The number of hydrogen-bond acceptors (Lipinski definition) is 4. The second-order valence-electron chi connectivity index (χ2n) is 4.45. The third-order valence-electron chi connectivity index (χ3n) is 3.24. The molecular weight excluding hydrogens is 176 g/mol. The number of rotatable bonds is 4. The zero-order chi connectivity index (χ0) is 9.80. The van der Waals surface area contributed by atoms with Crippen molar-refractivity contribution < 1.29 is 0 Å². The molecule has 0 unspecified atom stereocenters. The second kappa shape index (κ2) is 5.07. The summed E-state index contributed by atoms with van der Waals surface area (Å²) in [6, 6.07) is 0.738. The third kappa shape index (κ3) is 2.92. The van der Waals surface area contributed by atoms with E-state index in [0.29, 0.717) is 0 Å². The Morgan fingerprint density at radius 2 is 1.93 bits per heavy atom. The quantitative estimate of drug-likeness (QED) is 0.594. The van der Waals surface area contributed by atoms with Gasteiger partial charge >= 0.3 is 0 Å². The van der Waals surface area contributed by atoms with Crippen molar-refractivity contribution in [1.29, 1.82) is 0 Å². The molecule has 14 heavy (non-hydrogen) atoms. The summed E-state index contributed by atoms with van der Waals surface area (Å²) in [5.41, 5.74) is 0. The van der Waals surface area contributed by atoms with Crippen molar-refractivity contribution in [1.82, 2.24) is 20.4 Å². The molecule has 4 nitrogen and oxygen atoms in total. The minimum absolute atomic E-state index is 0.738. The Kier molecular flexibility index (Phi) is 3.75. The fourth-order valence-corrected chi connectivity index (χ4v) is 1.93. The molecule has 0 aliphatic carbocycles. The fraction of sp³-hybridized carbons (Fsp3) is 1.00. The molecule has 0 aromatic rings. The summed E-state index contributed by atoms with van der Waals surface area (Å²) in [6.07, 6.45) is 0. The van der Waals surface area contributed by atoms with E-state index >= 15 is 0 Å². The van der Waals surface area contributed by atoms with Crippen molar-refractivity contribution in [3.05, 3.63) is 0 Å². The van der Waals surface area contributed by atoms with Crippen molar-refractivity contribution in [3.63, 3.8) is 0 Å². The number of nitrogens with one attached hydrogen (secondary N) is 2. The van der Waals surface area contributed by atoms with Gasteiger partial charge in [0.25, 0.3) is 0 Å². The summed E-state index contributed by atoms with van der Waals surface area (Å²) in [5.74, 6) is 0. The van der Waals surface area contributed by atoms with E-state index in [9.17, 15) is 0 Å². The first-order chi connectivity index (χ1) is 6.84. The van der Waals surface area contributed by atoms with Crippen LogP contribution in [0.25, 0.3) is 0 Å². The molecule has 0 spiro atoms. The van der Waals surface area contributed by atoms with Crippen molar-refractivity contribution in [2.24, 2.45) is 0 Å². The van der Waals surface area contributed by atoms with Gasteiger partial charge in [0, 0.05) is 58.4 Å². The molecule has 0 saturated carbocycles. The molecule has 2 fully saturated rings. The van der Waals surface area contributed by atoms with Crippen LogP contribution in [0.4, 0.5) is 0 Å². The van der Waals surface area contributed by atoms with Gasteiger partial charge in [-0.05, 0) is 7.05 Å². The fourth-order valence-electron chi connectivity index (χ4n) is 1.93. The van der Waals surface area contributed by atoms with Crippen LogP contribution in [0, 0.1) is 0 Å². The lowest BCUT2D eigenvalue weighted by Gasteiger charge is -2.34. The zero-order valence-electron chi connectivity index (χ0n) is 9.13. The van der Waals surface area contributed by atoms with E-state index in [-0.39, 0.29) is 0 Å². The standard InChI is InChI=1S/C10H22N4/c1-13-4-6-14(7-5-13)3-2-12-10-8-11-9-10/h10-12H,2-9H2,1H3. The lowest BCUT2D eigenvalue weighted by atomic mass is 10.2. The SMILES string of the molecule is CN1CCN(CCNC2CNC2)CC1. The van der Waals surface area contributed by atoms with Crippen LogP contribution in [0.2, 0.25) is 0 Å². The van der Waals surface area contributed by atoms with E-state index in [1.54, 1.807) is 0 Å². The molecule has 0 amide bonds. The monoisotopic (exact) mass is 198 g/mol. The normalized spacial score (nSPS) is 26.4. The molecule has 2 heterocycles. The highest BCUT2D eigenvalue weighted by Gasteiger charge is 2.17. The molecule has 82 valence electrons. The molecule has 2 aliphatic heterocycles. The molecule has 4 heteroatoms. The first-order valence-corrected chi connectivity index (χ1v) is 5.69. The van der Waals surface area contributed by atoms with Crippen LogP contribution in [-0.4, -0.2) is 75.2 Å². The van der Waals surface area contributed by atoms with Crippen molar-refractivity contribution in [2.45, 2.75) is 6.04 Å². The van der Waals surface area contributed by atoms with E-state index in [0.717, 1.165) is 25.7 Å². The van der Waals surface area contributed by atoms with Crippen LogP contribution in [0.3, 0.4) is 0 Å². The van der Waals surface area contributed by atoms with Crippen LogP contribution >= 0.6 is 0 Å². The molecule has 0 atom stereocenters. The lowest BCUT2D eigenvalue weighted by Crippen LogP contribution is -2.57. The van der Waals surface area contributed by atoms with E-state index < -0.39 is 0 Å². The van der Waals surface area contributed by atoms with Gasteiger partial charge in [-0.3, -0.25) is 4.90 Å². The summed E-state index contributed by atoms with van der Waals surface area (Å²) >= 11 is 0. The zero-order valence-corrected chi connectivity index (χ0v) is 9.13. The minimum atomic E-state index is 0.738. The number of likely N-dealkylation sites (N-methyl/N-ethyl adjacent to an activating group) is 1. The van der Waals surface area contributed by atoms with E-state index in [2.05, 4.69) is 27.5 Å². The number of nitrogens with zero attached hydrogens (tertiary/aromatic N) is 2. The van der Waals surface area contributed by atoms with Crippen LogP contribution in [-0.2, 0) is 0 Å². The molecule has 0 aromatic carbocycles. The Labute approximate surface area is 86.6 Å². The average molecular weight is 198 g/mol. The second-order valence-corrected chi connectivity index (χ2v) is 4.45. The number of piperazine rings is 1. The molecule has 2 saturated heterocycles. The Bertz CT molecular complexity index is 162. The van der Waals surface area contributed by atoms with Crippen LogP contribution in [0.15, 0.2) is 0 Å². The molecular formula is C10H22N4. The summed E-state index contributed by atoms with van der Waals surface area (Å²) < 4.78 is 0. The van der Waals surface area contributed by atoms with Gasteiger partial charge in [-0.1, -0.05) is 0 Å². The van der Waals surface area contributed by atoms with Gasteiger partial charge in [0.05, 0.1) is 0 Å². The van der Waals surface area contributed by atoms with E-state index in [4.69, 9.17) is 0 Å². The van der Waals surface area contributed by atoms with Gasteiger partial charge in [-0.15, -0.1) is 0 Å². The van der Waals surface area contributed by atoms with Gasteiger partial charge in [0.1, 0.15) is 0 Å². The molecule has 2 rings (SSSR count). The van der Waals surface area contributed by atoms with Gasteiger partial charge in [0.2, 0.25) is 0 Å². The highest BCUT2D eigenvalue weighted by molar-refractivity contribution is 4.81. The maximum atomic E-state index is 3.56. The number of hydrogen-bond donors (Lipinski definition) is 2. The smallest absolute Gasteiger partial charge is 0.0318 e. The summed E-state index contributed by atoms with van der Waals surface area (Å²) in [4.78, 5) is 4.96. The van der Waals surface area contributed by atoms with Crippen molar-refractivity contribution >= 4 is 0 Å². The Morgan fingerprint density at radius 1 is 1.21 bits per heavy atom. The van der Waals surface area contributed by atoms with E-state index in [1.807, 2.05) is 0 Å². The largest absolute Gasteiger partial charge is 0.314 e.